The smallest absolute Gasteiger partial charge is 0.233 e. The van der Waals surface area contributed by atoms with E-state index >= 15 is 0 Å². The lowest BCUT2D eigenvalue weighted by atomic mass is 10.2. The normalized spacial score (nSPS) is 14.5. The van der Waals surface area contributed by atoms with E-state index in [0.29, 0.717) is 10.8 Å². The van der Waals surface area contributed by atoms with E-state index in [1.807, 2.05) is 47.4 Å². The first kappa shape index (κ1) is 18.0. The number of thioether (sulfide) groups is 1. The number of benzene rings is 2. The van der Waals surface area contributed by atoms with E-state index < -0.39 is 0 Å². The summed E-state index contributed by atoms with van der Waals surface area (Å²) >= 11 is 7.43. The SMILES string of the molecule is COc1ccccc1N1CCN(C(=O)CSc2ccc(Cl)cc2)CC1. The molecule has 6 heteroatoms. The van der Waals surface area contributed by atoms with Gasteiger partial charge in [0, 0.05) is 36.1 Å². The van der Waals surface area contributed by atoms with Gasteiger partial charge in [-0.15, -0.1) is 11.8 Å². The van der Waals surface area contributed by atoms with Crippen molar-refractivity contribution in [2.24, 2.45) is 0 Å². The highest BCUT2D eigenvalue weighted by Gasteiger charge is 2.22. The molecule has 2 aromatic carbocycles. The van der Waals surface area contributed by atoms with Crippen molar-refractivity contribution >= 4 is 35.0 Å². The lowest BCUT2D eigenvalue weighted by Gasteiger charge is -2.36. The molecular formula is C19H21ClN2O2S. The number of halogens is 1. The molecule has 1 heterocycles. The molecule has 25 heavy (non-hydrogen) atoms. The predicted molar refractivity (Wildman–Crippen MR) is 104 cm³/mol. The van der Waals surface area contributed by atoms with Crippen molar-refractivity contribution in [2.45, 2.75) is 4.90 Å². The summed E-state index contributed by atoms with van der Waals surface area (Å²) in [4.78, 5) is 17.7. The predicted octanol–water partition coefficient (Wildman–Crippen LogP) is 3.79. The molecule has 0 unspecified atom stereocenters. The number of amides is 1. The number of methoxy groups -OCH3 is 1. The quantitative estimate of drug-likeness (QED) is 0.743. The number of piperazine rings is 1. The van der Waals surface area contributed by atoms with Crippen LogP contribution in [0.3, 0.4) is 0 Å². The second-order valence-electron chi connectivity index (χ2n) is 5.78. The second-order valence-corrected chi connectivity index (χ2v) is 7.27. The molecule has 0 saturated carbocycles. The first-order chi connectivity index (χ1) is 12.2. The molecule has 3 rings (SSSR count). The van der Waals surface area contributed by atoms with Gasteiger partial charge in [-0.3, -0.25) is 4.79 Å². The van der Waals surface area contributed by atoms with Crippen LogP contribution in [0.1, 0.15) is 0 Å². The Balaban J connectivity index is 1.51. The first-order valence-electron chi connectivity index (χ1n) is 8.21. The summed E-state index contributed by atoms with van der Waals surface area (Å²) in [6.07, 6.45) is 0. The number of carbonyl (C=O) groups is 1. The van der Waals surface area contributed by atoms with E-state index in [1.54, 1.807) is 18.9 Å². The third-order valence-electron chi connectivity index (χ3n) is 4.23. The standard InChI is InChI=1S/C19H21ClN2O2S/c1-24-18-5-3-2-4-17(18)21-10-12-22(13-11-21)19(23)14-25-16-8-6-15(20)7-9-16/h2-9H,10-14H2,1H3. The highest BCUT2D eigenvalue weighted by Crippen LogP contribution is 2.28. The molecule has 0 atom stereocenters. The highest BCUT2D eigenvalue weighted by molar-refractivity contribution is 8.00. The van der Waals surface area contributed by atoms with E-state index in [4.69, 9.17) is 16.3 Å². The van der Waals surface area contributed by atoms with Crippen LogP contribution in [0.4, 0.5) is 5.69 Å². The van der Waals surface area contributed by atoms with Crippen molar-refractivity contribution in [3.63, 3.8) is 0 Å². The average molecular weight is 377 g/mol. The van der Waals surface area contributed by atoms with Crippen LogP contribution in [0.15, 0.2) is 53.4 Å². The molecule has 1 aliphatic rings. The van der Waals surface area contributed by atoms with E-state index in [9.17, 15) is 4.79 Å². The van der Waals surface area contributed by atoms with Gasteiger partial charge in [-0.05, 0) is 36.4 Å². The van der Waals surface area contributed by atoms with Crippen molar-refractivity contribution in [3.05, 3.63) is 53.6 Å². The maximum absolute atomic E-state index is 12.4. The third-order valence-corrected chi connectivity index (χ3v) is 5.48. The molecule has 0 aromatic heterocycles. The average Bonchev–Trinajstić information content (AvgIpc) is 2.67. The van der Waals surface area contributed by atoms with Crippen LogP contribution >= 0.6 is 23.4 Å². The molecule has 0 aliphatic carbocycles. The molecule has 1 fully saturated rings. The Morgan fingerprint density at radius 2 is 1.76 bits per heavy atom. The maximum Gasteiger partial charge on any atom is 0.233 e. The Hall–Kier alpha value is -1.85. The molecule has 0 N–H and O–H groups in total. The number of hydrogen-bond acceptors (Lipinski definition) is 4. The molecule has 0 bridgehead atoms. The first-order valence-corrected chi connectivity index (χ1v) is 9.58. The fourth-order valence-electron chi connectivity index (χ4n) is 2.85. The minimum Gasteiger partial charge on any atom is -0.495 e. The van der Waals surface area contributed by atoms with Crippen LogP contribution < -0.4 is 9.64 Å². The van der Waals surface area contributed by atoms with Gasteiger partial charge in [-0.25, -0.2) is 0 Å². The molecule has 4 nitrogen and oxygen atoms in total. The fraction of sp³-hybridized carbons (Fsp3) is 0.316. The van der Waals surface area contributed by atoms with Crippen LogP contribution in [0.25, 0.3) is 0 Å². The minimum atomic E-state index is 0.180. The summed E-state index contributed by atoms with van der Waals surface area (Å²) in [5.41, 5.74) is 1.09. The van der Waals surface area contributed by atoms with Gasteiger partial charge in [0.05, 0.1) is 18.6 Å². The van der Waals surface area contributed by atoms with E-state index in [1.165, 1.54) is 0 Å². The Morgan fingerprint density at radius 3 is 2.44 bits per heavy atom. The minimum absolute atomic E-state index is 0.180. The zero-order valence-electron chi connectivity index (χ0n) is 14.2. The Morgan fingerprint density at radius 1 is 1.08 bits per heavy atom. The van der Waals surface area contributed by atoms with Gasteiger partial charge in [0.1, 0.15) is 5.75 Å². The molecular weight excluding hydrogens is 356 g/mol. The lowest BCUT2D eigenvalue weighted by molar-refractivity contribution is -0.128. The largest absolute Gasteiger partial charge is 0.495 e. The Kier molecular flexibility index (Phi) is 6.10. The lowest BCUT2D eigenvalue weighted by Crippen LogP contribution is -2.49. The van der Waals surface area contributed by atoms with Crippen molar-refractivity contribution in [3.8, 4) is 5.75 Å². The van der Waals surface area contributed by atoms with Gasteiger partial charge in [0.25, 0.3) is 0 Å². The number of para-hydroxylation sites is 2. The molecule has 0 spiro atoms. The zero-order valence-corrected chi connectivity index (χ0v) is 15.7. The van der Waals surface area contributed by atoms with E-state index in [-0.39, 0.29) is 5.91 Å². The molecule has 132 valence electrons. The highest BCUT2D eigenvalue weighted by atomic mass is 35.5. The van der Waals surface area contributed by atoms with Crippen LogP contribution in [-0.2, 0) is 4.79 Å². The number of carbonyl (C=O) groups excluding carboxylic acids is 1. The number of hydrogen-bond donors (Lipinski definition) is 0. The monoisotopic (exact) mass is 376 g/mol. The molecule has 1 amide bonds. The van der Waals surface area contributed by atoms with Gasteiger partial charge in [-0.1, -0.05) is 23.7 Å². The van der Waals surface area contributed by atoms with Crippen molar-refractivity contribution in [1.29, 1.82) is 0 Å². The summed E-state index contributed by atoms with van der Waals surface area (Å²) in [6, 6.07) is 15.6. The van der Waals surface area contributed by atoms with Gasteiger partial charge < -0.3 is 14.5 Å². The topological polar surface area (TPSA) is 32.8 Å². The van der Waals surface area contributed by atoms with Gasteiger partial charge in [0.15, 0.2) is 0 Å². The fourth-order valence-corrected chi connectivity index (χ4v) is 3.78. The number of rotatable bonds is 5. The molecule has 1 aliphatic heterocycles. The summed E-state index contributed by atoms with van der Waals surface area (Å²) in [6.45, 7) is 3.10. The molecule has 2 aromatic rings. The van der Waals surface area contributed by atoms with Crippen molar-refractivity contribution < 1.29 is 9.53 Å². The third kappa shape index (κ3) is 4.61. The Labute approximate surface area is 157 Å². The second kappa shape index (κ2) is 8.50. The van der Waals surface area contributed by atoms with Gasteiger partial charge in [-0.2, -0.15) is 0 Å². The van der Waals surface area contributed by atoms with Crippen LogP contribution in [0, 0.1) is 0 Å². The van der Waals surface area contributed by atoms with Crippen LogP contribution in [-0.4, -0.2) is 49.8 Å². The summed E-state index contributed by atoms with van der Waals surface area (Å²) in [5, 5.41) is 0.711. The summed E-state index contributed by atoms with van der Waals surface area (Å²) in [5.74, 6) is 1.51. The van der Waals surface area contributed by atoms with Crippen LogP contribution in [0.2, 0.25) is 5.02 Å². The van der Waals surface area contributed by atoms with Crippen LogP contribution in [0.5, 0.6) is 5.75 Å². The van der Waals surface area contributed by atoms with Crippen molar-refractivity contribution in [2.75, 3.05) is 43.9 Å². The summed E-state index contributed by atoms with van der Waals surface area (Å²) in [7, 11) is 1.69. The number of nitrogens with zero attached hydrogens (tertiary/aromatic N) is 2. The summed E-state index contributed by atoms with van der Waals surface area (Å²) < 4.78 is 5.43. The van der Waals surface area contributed by atoms with E-state index in [2.05, 4.69) is 11.0 Å². The molecule has 1 saturated heterocycles. The number of ether oxygens (including phenoxy) is 1. The number of anilines is 1. The maximum atomic E-state index is 12.4. The van der Waals surface area contributed by atoms with Gasteiger partial charge in [0.2, 0.25) is 5.91 Å². The molecule has 0 radical (unpaired) electrons. The van der Waals surface area contributed by atoms with Gasteiger partial charge >= 0.3 is 0 Å². The van der Waals surface area contributed by atoms with E-state index in [0.717, 1.165) is 42.5 Å². The Bertz CT molecular complexity index is 716. The van der Waals surface area contributed by atoms with Crippen molar-refractivity contribution in [1.82, 2.24) is 4.90 Å². The zero-order chi connectivity index (χ0) is 17.6.